The third-order valence-corrected chi connectivity index (χ3v) is 1.81. The normalized spacial score (nSPS) is 10.7. The van der Waals surface area contributed by atoms with Crippen LogP contribution in [0, 0.1) is 5.82 Å². The Balaban J connectivity index is 3.06. The molecule has 0 bridgehead atoms. The van der Waals surface area contributed by atoms with E-state index in [2.05, 4.69) is 0 Å². The second-order valence-corrected chi connectivity index (χ2v) is 2.99. The smallest absolute Gasteiger partial charge is 0.152 e. The Bertz CT molecular complexity index is 338. The fourth-order valence-electron chi connectivity index (χ4n) is 0.871. The number of hydrogen-bond donors (Lipinski definition) is 0. The predicted molar refractivity (Wildman–Crippen MR) is 51.1 cm³/mol. The van der Waals surface area contributed by atoms with Gasteiger partial charge in [0.05, 0.1) is 5.02 Å². The molecule has 1 nitrogen and oxygen atoms in total. The van der Waals surface area contributed by atoms with Crippen molar-refractivity contribution in [1.82, 2.24) is 0 Å². The van der Waals surface area contributed by atoms with Crippen molar-refractivity contribution in [2.24, 2.45) is 0 Å². The van der Waals surface area contributed by atoms with Gasteiger partial charge in [0, 0.05) is 5.56 Å². The maximum absolute atomic E-state index is 13.1. The molecule has 0 aliphatic carbocycles. The van der Waals surface area contributed by atoms with Crippen LogP contribution in [0.25, 0.3) is 6.08 Å². The zero-order chi connectivity index (χ0) is 9.84. The van der Waals surface area contributed by atoms with Gasteiger partial charge in [0.25, 0.3) is 0 Å². The molecule has 0 aliphatic rings. The summed E-state index contributed by atoms with van der Waals surface area (Å²) in [5.74, 6) is -0.565. The molecule has 1 aromatic carbocycles. The van der Waals surface area contributed by atoms with Gasteiger partial charge in [-0.15, -0.1) is 0 Å². The molecule has 1 aromatic rings. The van der Waals surface area contributed by atoms with Crippen LogP contribution in [-0.2, 0) is 4.79 Å². The number of ketones is 1. The number of carbonyl (C=O) groups is 1. The molecule has 0 N–H and O–H groups in total. The Labute approximate surface area is 80.8 Å². The van der Waals surface area contributed by atoms with Gasteiger partial charge in [0.1, 0.15) is 5.82 Å². The molecular formula is C10H8ClFO. The van der Waals surface area contributed by atoms with Gasteiger partial charge in [0.2, 0.25) is 0 Å². The summed E-state index contributed by atoms with van der Waals surface area (Å²) in [5.41, 5.74) is 0.249. The third kappa shape index (κ3) is 2.67. The number of halogens is 2. The third-order valence-electron chi connectivity index (χ3n) is 1.48. The van der Waals surface area contributed by atoms with Gasteiger partial charge in [-0.1, -0.05) is 17.7 Å². The van der Waals surface area contributed by atoms with Crippen LogP contribution in [0.5, 0.6) is 0 Å². The lowest BCUT2D eigenvalue weighted by molar-refractivity contribution is -0.112. The second-order valence-electron chi connectivity index (χ2n) is 2.58. The molecule has 1 rings (SSSR count). The van der Waals surface area contributed by atoms with Crippen LogP contribution in [0.1, 0.15) is 12.5 Å². The Morgan fingerprint density at radius 2 is 2.23 bits per heavy atom. The van der Waals surface area contributed by atoms with Gasteiger partial charge in [-0.3, -0.25) is 4.79 Å². The second kappa shape index (κ2) is 4.19. The van der Waals surface area contributed by atoms with Gasteiger partial charge < -0.3 is 0 Å². The molecule has 3 heteroatoms. The summed E-state index contributed by atoms with van der Waals surface area (Å²) in [7, 11) is 0. The van der Waals surface area contributed by atoms with E-state index < -0.39 is 5.82 Å². The fourth-order valence-corrected chi connectivity index (χ4v) is 1.10. The van der Waals surface area contributed by atoms with Crippen molar-refractivity contribution in [3.05, 3.63) is 40.7 Å². The van der Waals surface area contributed by atoms with Crippen molar-refractivity contribution < 1.29 is 9.18 Å². The summed E-state index contributed by atoms with van der Waals surface area (Å²) >= 11 is 5.71. The van der Waals surface area contributed by atoms with E-state index in [-0.39, 0.29) is 11.3 Å². The molecule has 0 spiro atoms. The molecule has 0 saturated carbocycles. The number of hydrogen-bond acceptors (Lipinski definition) is 1. The summed E-state index contributed by atoms with van der Waals surface area (Å²) in [5, 5.41) is 0.303. The van der Waals surface area contributed by atoms with Crippen LogP contribution in [0.15, 0.2) is 24.3 Å². The monoisotopic (exact) mass is 198 g/mol. The molecule has 0 saturated heterocycles. The summed E-state index contributed by atoms with van der Waals surface area (Å²) in [6, 6.07) is 4.39. The van der Waals surface area contributed by atoms with Crippen LogP contribution >= 0.6 is 11.6 Å². The Morgan fingerprint density at radius 3 is 2.77 bits per heavy atom. The molecule has 0 unspecified atom stereocenters. The highest BCUT2D eigenvalue weighted by atomic mass is 35.5. The topological polar surface area (TPSA) is 17.1 Å². The molecule has 68 valence electrons. The predicted octanol–water partition coefficient (Wildman–Crippen LogP) is 3.08. The van der Waals surface area contributed by atoms with E-state index in [0.29, 0.717) is 5.02 Å². The van der Waals surface area contributed by atoms with Crippen molar-refractivity contribution in [3.8, 4) is 0 Å². The maximum Gasteiger partial charge on any atom is 0.152 e. The zero-order valence-corrected chi connectivity index (χ0v) is 7.81. The zero-order valence-electron chi connectivity index (χ0n) is 7.05. The number of allylic oxidation sites excluding steroid dienone is 1. The highest BCUT2D eigenvalue weighted by Crippen LogP contribution is 2.20. The molecule has 0 aliphatic heterocycles. The van der Waals surface area contributed by atoms with E-state index in [1.54, 1.807) is 6.07 Å². The van der Waals surface area contributed by atoms with Crippen LogP contribution in [0.3, 0.4) is 0 Å². The molecule has 0 aromatic heterocycles. The van der Waals surface area contributed by atoms with Gasteiger partial charge in [-0.25, -0.2) is 4.39 Å². The average Bonchev–Trinajstić information content (AvgIpc) is 2.03. The lowest BCUT2D eigenvalue weighted by Crippen LogP contribution is -1.85. The first-order valence-corrected chi connectivity index (χ1v) is 4.11. The number of carbonyl (C=O) groups excluding carboxylic acids is 1. The highest BCUT2D eigenvalue weighted by Gasteiger charge is 2.02. The minimum absolute atomic E-state index is 0.140. The number of rotatable bonds is 2. The minimum Gasteiger partial charge on any atom is -0.295 e. The summed E-state index contributed by atoms with van der Waals surface area (Å²) in [4.78, 5) is 10.6. The Morgan fingerprint density at radius 1 is 1.54 bits per heavy atom. The first kappa shape index (κ1) is 9.93. The highest BCUT2D eigenvalue weighted by molar-refractivity contribution is 6.32. The Kier molecular flexibility index (Phi) is 3.20. The SMILES string of the molecule is CC(=O)/C=C/c1c(F)cccc1Cl. The van der Waals surface area contributed by atoms with Crippen LogP contribution in [-0.4, -0.2) is 5.78 Å². The van der Waals surface area contributed by atoms with Crippen molar-refractivity contribution in [2.45, 2.75) is 6.92 Å². The lowest BCUT2D eigenvalue weighted by atomic mass is 10.2. The minimum atomic E-state index is -0.426. The van der Waals surface area contributed by atoms with E-state index in [9.17, 15) is 9.18 Å². The summed E-state index contributed by atoms with van der Waals surface area (Å²) in [6.45, 7) is 1.39. The quantitative estimate of drug-likeness (QED) is 0.668. The molecule has 0 atom stereocenters. The van der Waals surface area contributed by atoms with E-state index in [1.165, 1.54) is 31.2 Å². The van der Waals surface area contributed by atoms with Crippen LogP contribution in [0.4, 0.5) is 4.39 Å². The summed E-state index contributed by atoms with van der Waals surface area (Å²) in [6.07, 6.45) is 2.66. The molecule has 0 amide bonds. The van der Waals surface area contributed by atoms with Gasteiger partial charge in [-0.05, 0) is 31.2 Å². The summed E-state index contributed by atoms with van der Waals surface area (Å²) < 4.78 is 13.1. The molecule has 0 radical (unpaired) electrons. The van der Waals surface area contributed by atoms with Crippen molar-refractivity contribution in [1.29, 1.82) is 0 Å². The molecular weight excluding hydrogens is 191 g/mol. The molecule has 13 heavy (non-hydrogen) atoms. The largest absolute Gasteiger partial charge is 0.295 e. The van der Waals surface area contributed by atoms with E-state index >= 15 is 0 Å². The first-order valence-electron chi connectivity index (χ1n) is 3.74. The fraction of sp³-hybridized carbons (Fsp3) is 0.100. The number of benzene rings is 1. The van der Waals surface area contributed by atoms with Crippen molar-refractivity contribution >= 4 is 23.5 Å². The van der Waals surface area contributed by atoms with Crippen molar-refractivity contribution in [2.75, 3.05) is 0 Å². The van der Waals surface area contributed by atoms with E-state index in [0.717, 1.165) is 0 Å². The lowest BCUT2D eigenvalue weighted by Gasteiger charge is -1.98. The van der Waals surface area contributed by atoms with E-state index in [1.807, 2.05) is 0 Å². The maximum atomic E-state index is 13.1. The van der Waals surface area contributed by atoms with Gasteiger partial charge in [-0.2, -0.15) is 0 Å². The van der Waals surface area contributed by atoms with Crippen LogP contribution < -0.4 is 0 Å². The van der Waals surface area contributed by atoms with Crippen molar-refractivity contribution in [3.63, 3.8) is 0 Å². The first-order chi connectivity index (χ1) is 6.11. The van der Waals surface area contributed by atoms with Gasteiger partial charge >= 0.3 is 0 Å². The van der Waals surface area contributed by atoms with E-state index in [4.69, 9.17) is 11.6 Å². The molecule has 0 heterocycles. The Hall–Kier alpha value is -1.15. The van der Waals surface area contributed by atoms with Crippen LogP contribution in [0.2, 0.25) is 5.02 Å². The van der Waals surface area contributed by atoms with Gasteiger partial charge in [0.15, 0.2) is 5.78 Å². The standard InChI is InChI=1S/C10H8ClFO/c1-7(13)5-6-8-9(11)3-2-4-10(8)12/h2-6H,1H3/b6-5+. The average molecular weight is 199 g/mol. The molecule has 0 fully saturated rings.